The molecule has 1 heterocycles. The molecule has 0 saturated heterocycles. The van der Waals surface area contributed by atoms with Gasteiger partial charge in [-0.15, -0.1) is 0 Å². The Balaban J connectivity index is 2.10. The fraction of sp³-hybridized carbons (Fsp3) is 0.389. The molecule has 7 nitrogen and oxygen atoms in total. The second-order valence-electron chi connectivity index (χ2n) is 6.26. The second-order valence-corrected chi connectivity index (χ2v) is 6.26. The molecule has 0 radical (unpaired) electrons. The van der Waals surface area contributed by atoms with Crippen molar-refractivity contribution in [2.75, 3.05) is 13.7 Å². The van der Waals surface area contributed by atoms with Crippen molar-refractivity contribution in [3.63, 3.8) is 0 Å². The molecule has 134 valence electrons. The highest BCUT2D eigenvalue weighted by Gasteiger charge is 2.21. The largest absolute Gasteiger partial charge is 0.497 e. The lowest BCUT2D eigenvalue weighted by atomic mass is 9.97. The van der Waals surface area contributed by atoms with Crippen LogP contribution in [0.4, 0.5) is 0 Å². The lowest BCUT2D eigenvalue weighted by Gasteiger charge is -2.15. The van der Waals surface area contributed by atoms with Crippen molar-refractivity contribution in [2.45, 2.75) is 20.3 Å². The van der Waals surface area contributed by atoms with E-state index in [2.05, 4.69) is 15.5 Å². The standard InChI is InChI=1S/C18H23N3O4/c1-11(2)8-13(18(23)24)9-19-17(22)15-10-20-21-16(15)12-4-6-14(25-3)7-5-12/h4-7,10-11,13H,8-9H2,1-3H3,(H,19,22)(H,20,21)(H,23,24). The van der Waals surface area contributed by atoms with Crippen molar-refractivity contribution >= 4 is 11.9 Å². The van der Waals surface area contributed by atoms with Crippen molar-refractivity contribution in [3.05, 3.63) is 36.0 Å². The Hall–Kier alpha value is -2.83. The van der Waals surface area contributed by atoms with Gasteiger partial charge in [0.05, 0.1) is 30.5 Å². The Morgan fingerprint density at radius 3 is 2.52 bits per heavy atom. The summed E-state index contributed by atoms with van der Waals surface area (Å²) in [6, 6.07) is 7.23. The van der Waals surface area contributed by atoms with Gasteiger partial charge in [0.2, 0.25) is 0 Å². The summed E-state index contributed by atoms with van der Waals surface area (Å²) in [7, 11) is 1.58. The van der Waals surface area contributed by atoms with Crippen molar-refractivity contribution in [3.8, 4) is 17.0 Å². The third-order valence-electron chi connectivity index (χ3n) is 3.88. The lowest BCUT2D eigenvalue weighted by Crippen LogP contribution is -2.33. The highest BCUT2D eigenvalue weighted by atomic mass is 16.5. The van der Waals surface area contributed by atoms with E-state index in [4.69, 9.17) is 4.74 Å². The Labute approximate surface area is 146 Å². The van der Waals surface area contributed by atoms with Gasteiger partial charge in [-0.2, -0.15) is 5.10 Å². The number of carbonyl (C=O) groups is 2. The topological polar surface area (TPSA) is 104 Å². The van der Waals surface area contributed by atoms with Crippen molar-refractivity contribution < 1.29 is 19.4 Å². The van der Waals surface area contributed by atoms with Crippen molar-refractivity contribution in [2.24, 2.45) is 11.8 Å². The third kappa shape index (κ3) is 4.82. The highest BCUT2D eigenvalue weighted by Crippen LogP contribution is 2.23. The van der Waals surface area contributed by atoms with Crippen LogP contribution in [0.1, 0.15) is 30.6 Å². The molecular formula is C18H23N3O4. The molecule has 0 spiro atoms. The number of H-pyrrole nitrogens is 1. The number of carboxylic acid groups (broad SMARTS) is 1. The molecule has 0 bridgehead atoms. The van der Waals surface area contributed by atoms with Gasteiger partial charge in [-0.1, -0.05) is 13.8 Å². The fourth-order valence-electron chi connectivity index (χ4n) is 2.59. The fourth-order valence-corrected chi connectivity index (χ4v) is 2.59. The number of ether oxygens (including phenoxy) is 1. The molecule has 25 heavy (non-hydrogen) atoms. The summed E-state index contributed by atoms with van der Waals surface area (Å²) in [5.41, 5.74) is 1.75. The minimum atomic E-state index is -0.906. The second kappa shape index (κ2) is 8.32. The number of nitrogens with zero attached hydrogens (tertiary/aromatic N) is 1. The normalized spacial score (nSPS) is 12.0. The van der Waals surface area contributed by atoms with Gasteiger partial charge in [0.1, 0.15) is 5.75 Å². The first-order valence-corrected chi connectivity index (χ1v) is 8.11. The van der Waals surface area contributed by atoms with E-state index in [1.54, 1.807) is 19.2 Å². The molecule has 0 aliphatic rings. The van der Waals surface area contributed by atoms with E-state index in [0.717, 1.165) is 5.56 Å². The Bertz CT molecular complexity index is 722. The van der Waals surface area contributed by atoms with Gasteiger partial charge in [-0.3, -0.25) is 14.7 Å². The van der Waals surface area contributed by atoms with Gasteiger partial charge in [0.15, 0.2) is 0 Å². The number of benzene rings is 1. The number of hydrogen-bond donors (Lipinski definition) is 3. The summed E-state index contributed by atoms with van der Waals surface area (Å²) in [5.74, 6) is -0.916. The summed E-state index contributed by atoms with van der Waals surface area (Å²) in [6.07, 6.45) is 1.94. The van der Waals surface area contributed by atoms with Gasteiger partial charge < -0.3 is 15.2 Å². The van der Waals surface area contributed by atoms with E-state index in [1.807, 2.05) is 26.0 Å². The SMILES string of the molecule is COc1ccc(-c2[nH]ncc2C(=O)NCC(CC(C)C)C(=O)O)cc1. The number of rotatable bonds is 8. The number of amides is 1. The van der Waals surface area contributed by atoms with Crippen LogP contribution in [-0.2, 0) is 4.79 Å². The zero-order chi connectivity index (χ0) is 18.4. The summed E-state index contributed by atoms with van der Waals surface area (Å²) in [5, 5.41) is 18.7. The Kier molecular flexibility index (Phi) is 6.16. The van der Waals surface area contributed by atoms with Crippen LogP contribution in [-0.4, -0.2) is 40.8 Å². The van der Waals surface area contributed by atoms with Crippen LogP contribution < -0.4 is 10.1 Å². The van der Waals surface area contributed by atoms with E-state index in [0.29, 0.717) is 23.4 Å². The lowest BCUT2D eigenvalue weighted by molar-refractivity contribution is -0.142. The molecule has 1 aromatic heterocycles. The zero-order valence-corrected chi connectivity index (χ0v) is 14.6. The molecule has 1 aromatic carbocycles. The monoisotopic (exact) mass is 345 g/mol. The molecule has 2 aromatic rings. The molecule has 1 atom stereocenters. The van der Waals surface area contributed by atoms with E-state index in [1.165, 1.54) is 6.20 Å². The summed E-state index contributed by atoms with van der Waals surface area (Å²) in [4.78, 5) is 23.7. The van der Waals surface area contributed by atoms with Gasteiger partial charge >= 0.3 is 5.97 Å². The van der Waals surface area contributed by atoms with E-state index in [-0.39, 0.29) is 18.4 Å². The minimum Gasteiger partial charge on any atom is -0.497 e. The first kappa shape index (κ1) is 18.5. The Morgan fingerprint density at radius 2 is 1.96 bits per heavy atom. The molecule has 1 unspecified atom stereocenters. The number of aromatic amines is 1. The van der Waals surface area contributed by atoms with Gasteiger partial charge in [0, 0.05) is 12.1 Å². The average Bonchev–Trinajstić information content (AvgIpc) is 3.07. The Morgan fingerprint density at radius 1 is 1.28 bits per heavy atom. The summed E-state index contributed by atoms with van der Waals surface area (Å²) in [6.45, 7) is 3.99. The molecule has 2 rings (SSSR count). The number of carbonyl (C=O) groups excluding carboxylic acids is 1. The number of aromatic nitrogens is 2. The number of carboxylic acids is 1. The first-order chi connectivity index (χ1) is 11.9. The summed E-state index contributed by atoms with van der Waals surface area (Å²) >= 11 is 0. The van der Waals surface area contributed by atoms with Crippen molar-refractivity contribution in [1.29, 1.82) is 0 Å². The minimum absolute atomic E-state index is 0.0829. The average molecular weight is 345 g/mol. The zero-order valence-electron chi connectivity index (χ0n) is 14.6. The van der Waals surface area contributed by atoms with E-state index >= 15 is 0 Å². The molecule has 0 saturated carbocycles. The molecule has 0 aliphatic heterocycles. The van der Waals surface area contributed by atoms with E-state index in [9.17, 15) is 14.7 Å². The number of hydrogen-bond acceptors (Lipinski definition) is 4. The first-order valence-electron chi connectivity index (χ1n) is 8.11. The highest BCUT2D eigenvalue weighted by molar-refractivity contribution is 5.99. The van der Waals surface area contributed by atoms with Crippen LogP contribution in [0, 0.1) is 11.8 Å². The van der Waals surface area contributed by atoms with Crippen LogP contribution >= 0.6 is 0 Å². The van der Waals surface area contributed by atoms with Gasteiger partial charge in [0.25, 0.3) is 5.91 Å². The van der Waals surface area contributed by atoms with Crippen LogP contribution in [0.15, 0.2) is 30.5 Å². The van der Waals surface area contributed by atoms with Crippen molar-refractivity contribution in [1.82, 2.24) is 15.5 Å². The van der Waals surface area contributed by atoms with Crippen LogP contribution in [0.25, 0.3) is 11.3 Å². The maximum Gasteiger partial charge on any atom is 0.308 e. The molecule has 7 heteroatoms. The number of methoxy groups -OCH3 is 1. The van der Waals surface area contributed by atoms with E-state index < -0.39 is 11.9 Å². The number of aliphatic carboxylic acids is 1. The smallest absolute Gasteiger partial charge is 0.308 e. The van der Waals surface area contributed by atoms with Gasteiger partial charge in [-0.05, 0) is 36.6 Å². The predicted octanol–water partition coefficient (Wildman–Crippen LogP) is 2.56. The summed E-state index contributed by atoms with van der Waals surface area (Å²) < 4.78 is 5.12. The maximum absolute atomic E-state index is 12.4. The van der Waals surface area contributed by atoms with Crippen LogP contribution in [0.3, 0.4) is 0 Å². The molecule has 1 amide bonds. The predicted molar refractivity (Wildman–Crippen MR) is 93.5 cm³/mol. The third-order valence-corrected chi connectivity index (χ3v) is 3.88. The quantitative estimate of drug-likeness (QED) is 0.682. The molecule has 0 fully saturated rings. The van der Waals surface area contributed by atoms with Crippen LogP contribution in [0.2, 0.25) is 0 Å². The molecule has 3 N–H and O–H groups in total. The van der Waals surface area contributed by atoms with Crippen LogP contribution in [0.5, 0.6) is 5.75 Å². The maximum atomic E-state index is 12.4. The molecule has 0 aliphatic carbocycles. The number of nitrogens with one attached hydrogen (secondary N) is 2. The molecular weight excluding hydrogens is 322 g/mol. The van der Waals surface area contributed by atoms with Gasteiger partial charge in [-0.25, -0.2) is 0 Å².